The molecule has 1 heterocycles. The number of hydrogen-bond donors (Lipinski definition) is 1. The van der Waals surface area contributed by atoms with Crippen molar-refractivity contribution < 1.29 is 14.3 Å². The largest absolute Gasteiger partial charge is 0.462 e. The molecular weight excluding hydrogens is 218 g/mol. The van der Waals surface area contributed by atoms with Gasteiger partial charge >= 0.3 is 5.97 Å². The summed E-state index contributed by atoms with van der Waals surface area (Å²) in [6, 6.07) is 7.27. The molecule has 0 radical (unpaired) electrons. The average Bonchev–Trinajstić information content (AvgIpc) is 2.33. The highest BCUT2D eigenvalue weighted by molar-refractivity contribution is 5.72. The molecule has 1 aliphatic rings. The molecule has 0 atom stereocenters. The fourth-order valence-electron chi connectivity index (χ4n) is 1.82. The zero-order chi connectivity index (χ0) is 12.1. The Balaban J connectivity index is 1.82. The molecule has 1 aliphatic heterocycles. The first-order chi connectivity index (χ1) is 8.24. The third kappa shape index (κ3) is 3.75. The molecule has 0 amide bonds. The van der Waals surface area contributed by atoms with Crippen molar-refractivity contribution in [2.45, 2.75) is 25.4 Å². The molecular formula is C13H17NO3. The molecule has 2 rings (SSSR count). The third-order valence-corrected chi connectivity index (χ3v) is 2.79. The van der Waals surface area contributed by atoms with Crippen LogP contribution in [0.1, 0.15) is 18.4 Å². The smallest absolute Gasteiger partial charge is 0.310 e. The number of anilines is 1. The van der Waals surface area contributed by atoms with E-state index in [4.69, 9.17) is 15.2 Å². The van der Waals surface area contributed by atoms with E-state index in [1.165, 1.54) is 0 Å². The minimum Gasteiger partial charge on any atom is -0.462 e. The van der Waals surface area contributed by atoms with E-state index in [9.17, 15) is 4.79 Å². The monoisotopic (exact) mass is 235 g/mol. The molecule has 0 unspecified atom stereocenters. The molecule has 2 N–H and O–H groups in total. The number of hydrogen-bond acceptors (Lipinski definition) is 4. The quantitative estimate of drug-likeness (QED) is 0.637. The van der Waals surface area contributed by atoms with E-state index in [1.54, 1.807) is 12.1 Å². The standard InChI is InChI=1S/C13H17NO3/c14-11-3-1-10(2-4-11)9-13(15)17-12-5-7-16-8-6-12/h1-4,12H,5-9,14H2. The second-order valence-electron chi connectivity index (χ2n) is 4.22. The highest BCUT2D eigenvalue weighted by Gasteiger charge is 2.18. The summed E-state index contributed by atoms with van der Waals surface area (Å²) < 4.78 is 10.6. The summed E-state index contributed by atoms with van der Waals surface area (Å²) >= 11 is 0. The first kappa shape index (κ1) is 11.9. The Bertz CT molecular complexity index is 369. The zero-order valence-corrected chi connectivity index (χ0v) is 9.72. The minimum atomic E-state index is -0.179. The van der Waals surface area contributed by atoms with Crippen LogP contribution in [0.4, 0.5) is 5.69 Å². The van der Waals surface area contributed by atoms with Gasteiger partial charge in [-0.2, -0.15) is 0 Å². The number of esters is 1. The summed E-state index contributed by atoms with van der Waals surface area (Å²) in [5.74, 6) is -0.179. The molecule has 0 saturated carbocycles. The first-order valence-electron chi connectivity index (χ1n) is 5.85. The molecule has 0 aliphatic carbocycles. The van der Waals surface area contributed by atoms with Crippen molar-refractivity contribution in [1.29, 1.82) is 0 Å². The number of ether oxygens (including phenoxy) is 2. The molecule has 1 fully saturated rings. The van der Waals surface area contributed by atoms with Gasteiger partial charge in [-0.15, -0.1) is 0 Å². The summed E-state index contributed by atoms with van der Waals surface area (Å²) in [4.78, 5) is 11.7. The number of rotatable bonds is 3. The van der Waals surface area contributed by atoms with Crippen LogP contribution >= 0.6 is 0 Å². The fraction of sp³-hybridized carbons (Fsp3) is 0.462. The van der Waals surface area contributed by atoms with Crippen molar-refractivity contribution >= 4 is 11.7 Å². The molecule has 0 spiro atoms. The van der Waals surface area contributed by atoms with Crippen LogP contribution in [0.5, 0.6) is 0 Å². The van der Waals surface area contributed by atoms with E-state index in [2.05, 4.69) is 0 Å². The van der Waals surface area contributed by atoms with E-state index in [-0.39, 0.29) is 12.1 Å². The van der Waals surface area contributed by atoms with Crippen molar-refractivity contribution in [1.82, 2.24) is 0 Å². The van der Waals surface area contributed by atoms with Gasteiger partial charge in [0.2, 0.25) is 0 Å². The van der Waals surface area contributed by atoms with Gasteiger partial charge in [-0.3, -0.25) is 4.79 Å². The summed E-state index contributed by atoms with van der Waals surface area (Å²) in [6.45, 7) is 1.36. The number of nitrogens with two attached hydrogens (primary N) is 1. The van der Waals surface area contributed by atoms with Crippen molar-refractivity contribution in [3.8, 4) is 0 Å². The molecule has 0 bridgehead atoms. The Labute approximate surface area is 101 Å². The number of carbonyl (C=O) groups is 1. The number of carbonyl (C=O) groups excluding carboxylic acids is 1. The molecule has 1 saturated heterocycles. The predicted molar refractivity (Wildman–Crippen MR) is 64.5 cm³/mol. The van der Waals surface area contributed by atoms with Crippen molar-refractivity contribution in [3.63, 3.8) is 0 Å². The van der Waals surface area contributed by atoms with E-state index >= 15 is 0 Å². The maximum atomic E-state index is 11.7. The summed E-state index contributed by atoms with van der Waals surface area (Å²) in [5, 5.41) is 0. The lowest BCUT2D eigenvalue weighted by Crippen LogP contribution is -2.26. The Morgan fingerprint density at radius 1 is 1.29 bits per heavy atom. The van der Waals surface area contributed by atoms with Crippen LogP contribution in [-0.2, 0) is 20.7 Å². The van der Waals surface area contributed by atoms with Gasteiger partial charge in [0.1, 0.15) is 6.10 Å². The predicted octanol–water partition coefficient (Wildman–Crippen LogP) is 1.53. The highest BCUT2D eigenvalue weighted by Crippen LogP contribution is 2.13. The second kappa shape index (κ2) is 5.68. The zero-order valence-electron chi connectivity index (χ0n) is 9.72. The van der Waals surface area contributed by atoms with Gasteiger partial charge in [-0.25, -0.2) is 0 Å². The lowest BCUT2D eigenvalue weighted by Gasteiger charge is -2.22. The molecule has 17 heavy (non-hydrogen) atoms. The second-order valence-corrected chi connectivity index (χ2v) is 4.22. The van der Waals surface area contributed by atoms with Gasteiger partial charge in [-0.1, -0.05) is 12.1 Å². The van der Waals surface area contributed by atoms with Crippen molar-refractivity contribution in [2.75, 3.05) is 18.9 Å². The lowest BCUT2D eigenvalue weighted by atomic mass is 10.1. The van der Waals surface area contributed by atoms with E-state index in [0.717, 1.165) is 18.4 Å². The maximum Gasteiger partial charge on any atom is 0.310 e. The Hall–Kier alpha value is -1.55. The Kier molecular flexibility index (Phi) is 3.98. The molecule has 4 heteroatoms. The van der Waals surface area contributed by atoms with Crippen LogP contribution < -0.4 is 5.73 Å². The fourth-order valence-corrected chi connectivity index (χ4v) is 1.82. The molecule has 1 aromatic rings. The number of benzene rings is 1. The maximum absolute atomic E-state index is 11.7. The summed E-state index contributed by atoms with van der Waals surface area (Å²) in [5.41, 5.74) is 7.20. The molecule has 0 aromatic heterocycles. The minimum absolute atomic E-state index is 0.0185. The van der Waals surface area contributed by atoms with Gasteiger partial charge in [0, 0.05) is 18.5 Å². The first-order valence-corrected chi connectivity index (χ1v) is 5.85. The summed E-state index contributed by atoms with van der Waals surface area (Å²) in [7, 11) is 0. The van der Waals surface area contributed by atoms with Gasteiger partial charge in [0.15, 0.2) is 0 Å². The van der Waals surface area contributed by atoms with Gasteiger partial charge in [0.05, 0.1) is 19.6 Å². The van der Waals surface area contributed by atoms with E-state index < -0.39 is 0 Å². The van der Waals surface area contributed by atoms with Crippen LogP contribution in [0, 0.1) is 0 Å². The number of nitrogen functional groups attached to an aromatic ring is 1. The Morgan fingerprint density at radius 3 is 2.59 bits per heavy atom. The van der Waals surface area contributed by atoms with Crippen LogP contribution in [0.2, 0.25) is 0 Å². The van der Waals surface area contributed by atoms with E-state index in [1.807, 2.05) is 12.1 Å². The van der Waals surface area contributed by atoms with Crippen LogP contribution in [0.3, 0.4) is 0 Å². The van der Waals surface area contributed by atoms with Crippen molar-refractivity contribution in [3.05, 3.63) is 29.8 Å². The summed E-state index contributed by atoms with van der Waals surface area (Å²) in [6.07, 6.45) is 1.92. The normalized spacial score (nSPS) is 16.7. The highest BCUT2D eigenvalue weighted by atomic mass is 16.5. The van der Waals surface area contributed by atoms with Crippen LogP contribution in [0.25, 0.3) is 0 Å². The Morgan fingerprint density at radius 2 is 1.94 bits per heavy atom. The molecule has 92 valence electrons. The topological polar surface area (TPSA) is 61.6 Å². The van der Waals surface area contributed by atoms with Gasteiger partial charge < -0.3 is 15.2 Å². The molecule has 4 nitrogen and oxygen atoms in total. The molecule has 1 aromatic carbocycles. The van der Waals surface area contributed by atoms with Crippen LogP contribution in [-0.4, -0.2) is 25.3 Å². The van der Waals surface area contributed by atoms with Gasteiger partial charge in [0.25, 0.3) is 0 Å². The van der Waals surface area contributed by atoms with Crippen molar-refractivity contribution in [2.24, 2.45) is 0 Å². The van der Waals surface area contributed by atoms with Crippen LogP contribution in [0.15, 0.2) is 24.3 Å². The SMILES string of the molecule is Nc1ccc(CC(=O)OC2CCOCC2)cc1. The average molecular weight is 235 g/mol. The van der Waals surface area contributed by atoms with Gasteiger partial charge in [-0.05, 0) is 17.7 Å². The third-order valence-electron chi connectivity index (χ3n) is 2.79. The lowest BCUT2D eigenvalue weighted by molar-refractivity contribution is -0.152. The van der Waals surface area contributed by atoms with E-state index in [0.29, 0.717) is 25.3 Å².